The van der Waals surface area contributed by atoms with Crippen molar-refractivity contribution in [2.24, 2.45) is 0 Å². The van der Waals surface area contributed by atoms with Gasteiger partial charge in [0.1, 0.15) is 18.2 Å². The van der Waals surface area contributed by atoms with Gasteiger partial charge in [-0.25, -0.2) is 4.39 Å². The van der Waals surface area contributed by atoms with Crippen LogP contribution >= 0.6 is 11.6 Å². The minimum atomic E-state index is -0.238. The molecule has 0 unspecified atom stereocenters. The van der Waals surface area contributed by atoms with Crippen molar-refractivity contribution >= 4 is 11.6 Å². The lowest BCUT2D eigenvalue weighted by Gasteiger charge is -2.12. The van der Waals surface area contributed by atoms with Crippen molar-refractivity contribution in [2.75, 3.05) is 0 Å². The van der Waals surface area contributed by atoms with Crippen LogP contribution in [0.1, 0.15) is 24.0 Å². The molecule has 21 heavy (non-hydrogen) atoms. The fourth-order valence-electron chi connectivity index (χ4n) is 2.16. The Kier molecular flexibility index (Phi) is 4.42. The first-order valence-corrected chi connectivity index (χ1v) is 7.47. The first kappa shape index (κ1) is 14.4. The van der Waals surface area contributed by atoms with Crippen molar-refractivity contribution in [2.45, 2.75) is 32.0 Å². The molecule has 2 aromatic carbocycles. The van der Waals surface area contributed by atoms with Crippen LogP contribution in [0.3, 0.4) is 0 Å². The normalized spacial score (nSPS) is 14.2. The molecule has 1 fully saturated rings. The summed E-state index contributed by atoms with van der Waals surface area (Å²) >= 11 is 5.96. The number of nitrogens with one attached hydrogen (secondary N) is 1. The zero-order valence-electron chi connectivity index (χ0n) is 11.6. The van der Waals surface area contributed by atoms with Crippen LogP contribution in [0.2, 0.25) is 5.02 Å². The molecule has 4 heteroatoms. The van der Waals surface area contributed by atoms with E-state index in [1.54, 1.807) is 6.07 Å². The number of rotatable bonds is 6. The highest BCUT2D eigenvalue weighted by molar-refractivity contribution is 6.30. The highest BCUT2D eigenvalue weighted by Gasteiger charge is 2.20. The predicted molar refractivity (Wildman–Crippen MR) is 82.0 cm³/mol. The molecule has 2 aromatic rings. The lowest BCUT2D eigenvalue weighted by Crippen LogP contribution is -2.16. The summed E-state index contributed by atoms with van der Waals surface area (Å²) in [6.45, 7) is 1.05. The lowest BCUT2D eigenvalue weighted by atomic mass is 10.2. The maximum absolute atomic E-state index is 13.4. The summed E-state index contributed by atoms with van der Waals surface area (Å²) < 4.78 is 19.2. The number of benzene rings is 2. The van der Waals surface area contributed by atoms with Crippen molar-refractivity contribution in [3.8, 4) is 5.75 Å². The molecule has 2 nitrogen and oxygen atoms in total. The van der Waals surface area contributed by atoms with Gasteiger partial charge in [-0.2, -0.15) is 0 Å². The van der Waals surface area contributed by atoms with Gasteiger partial charge in [0.25, 0.3) is 0 Å². The molecule has 1 aliphatic rings. The summed E-state index contributed by atoms with van der Waals surface area (Å²) in [5, 5.41) is 4.07. The largest absolute Gasteiger partial charge is 0.489 e. The number of hydrogen-bond donors (Lipinski definition) is 1. The first-order valence-electron chi connectivity index (χ1n) is 7.10. The van der Waals surface area contributed by atoms with E-state index in [1.807, 2.05) is 24.3 Å². The average molecular weight is 306 g/mol. The standard InChI is InChI=1S/C17H17ClFNO/c18-14-3-1-2-12(8-14)11-21-17-7-4-15(19)9-13(17)10-20-16-5-6-16/h1-4,7-9,16,20H,5-6,10-11H2. The van der Waals surface area contributed by atoms with Crippen LogP contribution in [0.25, 0.3) is 0 Å². The predicted octanol–water partition coefficient (Wildman–Crippen LogP) is 4.31. The summed E-state index contributed by atoms with van der Waals surface area (Å²) in [6, 6.07) is 12.8. The Bertz CT molecular complexity index is 628. The molecule has 0 saturated heterocycles. The van der Waals surface area contributed by atoms with E-state index in [2.05, 4.69) is 5.32 Å². The van der Waals surface area contributed by atoms with Crippen molar-refractivity contribution < 1.29 is 9.13 Å². The Morgan fingerprint density at radius 2 is 2.05 bits per heavy atom. The summed E-state index contributed by atoms with van der Waals surface area (Å²) in [6.07, 6.45) is 2.40. The molecule has 0 atom stereocenters. The van der Waals surface area contributed by atoms with Gasteiger partial charge in [0.05, 0.1) is 0 Å². The van der Waals surface area contributed by atoms with E-state index >= 15 is 0 Å². The van der Waals surface area contributed by atoms with Crippen LogP contribution in [0.15, 0.2) is 42.5 Å². The van der Waals surface area contributed by atoms with Gasteiger partial charge in [-0.15, -0.1) is 0 Å². The van der Waals surface area contributed by atoms with Gasteiger partial charge in [0.15, 0.2) is 0 Å². The second-order valence-electron chi connectivity index (χ2n) is 5.33. The monoisotopic (exact) mass is 305 g/mol. The van der Waals surface area contributed by atoms with Gasteiger partial charge in [-0.05, 0) is 48.7 Å². The second-order valence-corrected chi connectivity index (χ2v) is 5.76. The number of halogens is 2. The van der Waals surface area contributed by atoms with Crippen LogP contribution in [-0.4, -0.2) is 6.04 Å². The van der Waals surface area contributed by atoms with Crippen molar-refractivity contribution in [1.29, 1.82) is 0 Å². The van der Waals surface area contributed by atoms with Crippen LogP contribution in [0.4, 0.5) is 4.39 Å². The van der Waals surface area contributed by atoms with Gasteiger partial charge >= 0.3 is 0 Å². The van der Waals surface area contributed by atoms with Crippen molar-refractivity contribution in [3.05, 3.63) is 64.4 Å². The fourth-order valence-corrected chi connectivity index (χ4v) is 2.37. The van der Waals surface area contributed by atoms with E-state index in [0.717, 1.165) is 11.1 Å². The molecule has 0 aliphatic heterocycles. The van der Waals surface area contributed by atoms with Gasteiger partial charge in [-0.3, -0.25) is 0 Å². The zero-order valence-corrected chi connectivity index (χ0v) is 12.4. The maximum atomic E-state index is 13.4. The van der Waals surface area contributed by atoms with E-state index in [4.69, 9.17) is 16.3 Å². The van der Waals surface area contributed by atoms with E-state index in [-0.39, 0.29) is 5.82 Å². The fraction of sp³-hybridized carbons (Fsp3) is 0.294. The van der Waals surface area contributed by atoms with Crippen molar-refractivity contribution in [3.63, 3.8) is 0 Å². The molecule has 1 saturated carbocycles. The smallest absolute Gasteiger partial charge is 0.124 e. The van der Waals surface area contributed by atoms with Gasteiger partial charge < -0.3 is 10.1 Å². The third-order valence-electron chi connectivity index (χ3n) is 3.46. The molecule has 0 radical (unpaired) electrons. The zero-order chi connectivity index (χ0) is 14.7. The average Bonchev–Trinajstić information content (AvgIpc) is 3.28. The van der Waals surface area contributed by atoms with Crippen LogP contribution in [0.5, 0.6) is 5.75 Å². The molecular formula is C17H17ClFNO. The quantitative estimate of drug-likeness (QED) is 0.858. The SMILES string of the molecule is Fc1ccc(OCc2cccc(Cl)c2)c(CNC2CC2)c1. The van der Waals surface area contributed by atoms with E-state index in [1.165, 1.54) is 25.0 Å². The number of ether oxygens (including phenoxy) is 1. The molecule has 110 valence electrons. The third-order valence-corrected chi connectivity index (χ3v) is 3.70. The van der Waals surface area contributed by atoms with E-state index in [9.17, 15) is 4.39 Å². The molecule has 3 rings (SSSR count). The van der Waals surface area contributed by atoms with E-state index in [0.29, 0.717) is 30.0 Å². The Hall–Kier alpha value is -1.58. The molecule has 1 aliphatic carbocycles. The lowest BCUT2D eigenvalue weighted by molar-refractivity contribution is 0.301. The summed E-state index contributed by atoms with van der Waals surface area (Å²) in [5.41, 5.74) is 1.84. The van der Waals surface area contributed by atoms with Gasteiger partial charge in [0.2, 0.25) is 0 Å². The third kappa shape index (κ3) is 4.19. The molecule has 0 amide bonds. The van der Waals surface area contributed by atoms with Crippen molar-refractivity contribution in [1.82, 2.24) is 5.32 Å². The minimum absolute atomic E-state index is 0.238. The highest BCUT2D eigenvalue weighted by Crippen LogP contribution is 2.24. The molecule has 0 spiro atoms. The maximum Gasteiger partial charge on any atom is 0.124 e. The topological polar surface area (TPSA) is 21.3 Å². The molecule has 1 N–H and O–H groups in total. The molecule has 0 aromatic heterocycles. The van der Waals surface area contributed by atoms with Gasteiger partial charge in [0, 0.05) is 23.2 Å². The van der Waals surface area contributed by atoms with Crippen LogP contribution in [-0.2, 0) is 13.2 Å². The first-order chi connectivity index (χ1) is 10.2. The minimum Gasteiger partial charge on any atom is -0.489 e. The second kappa shape index (κ2) is 6.46. The van der Waals surface area contributed by atoms with Crippen LogP contribution in [0, 0.1) is 5.82 Å². The van der Waals surface area contributed by atoms with Crippen LogP contribution < -0.4 is 10.1 Å². The number of hydrogen-bond acceptors (Lipinski definition) is 2. The summed E-state index contributed by atoms with van der Waals surface area (Å²) in [4.78, 5) is 0. The molecular weight excluding hydrogens is 289 g/mol. The van der Waals surface area contributed by atoms with E-state index < -0.39 is 0 Å². The molecule has 0 bridgehead atoms. The summed E-state index contributed by atoms with van der Waals surface area (Å²) in [7, 11) is 0. The summed E-state index contributed by atoms with van der Waals surface area (Å²) in [5.74, 6) is 0.474. The Labute approximate surface area is 128 Å². The Morgan fingerprint density at radius 1 is 1.19 bits per heavy atom. The highest BCUT2D eigenvalue weighted by atomic mass is 35.5. The molecule has 0 heterocycles. The Morgan fingerprint density at radius 3 is 2.81 bits per heavy atom. The van der Waals surface area contributed by atoms with Gasteiger partial charge in [-0.1, -0.05) is 23.7 Å². The Balaban J connectivity index is 1.68.